The highest BCUT2D eigenvalue weighted by Crippen LogP contribution is 2.35. The first-order chi connectivity index (χ1) is 8.06. The molecule has 0 nitrogen and oxygen atoms in total. The van der Waals surface area contributed by atoms with Crippen LogP contribution in [0.1, 0.15) is 26.9 Å². The number of benzene rings is 1. The van der Waals surface area contributed by atoms with Crippen molar-refractivity contribution in [3.8, 4) is 0 Å². The number of rotatable bonds is 3. The molecule has 0 radical (unpaired) electrons. The van der Waals surface area contributed by atoms with Crippen LogP contribution in [0.3, 0.4) is 0 Å². The smallest absolute Gasteiger partial charge is 0.0704 e. The highest BCUT2D eigenvalue weighted by Gasteiger charge is 2.14. The van der Waals surface area contributed by atoms with Gasteiger partial charge >= 0.3 is 0 Å². The Labute approximate surface area is 120 Å². The topological polar surface area (TPSA) is 0 Å². The quantitative estimate of drug-likeness (QED) is 0.638. The molecule has 0 bridgehead atoms. The van der Waals surface area contributed by atoms with Crippen molar-refractivity contribution in [2.24, 2.45) is 0 Å². The van der Waals surface area contributed by atoms with Gasteiger partial charge in [0, 0.05) is 4.88 Å². The van der Waals surface area contributed by atoms with Crippen molar-refractivity contribution in [1.82, 2.24) is 0 Å². The normalized spacial score (nSPS) is 12.7. The molecule has 0 aliphatic heterocycles. The number of halogens is 2. The Balaban J connectivity index is 2.16. The van der Waals surface area contributed by atoms with E-state index in [0.29, 0.717) is 0 Å². The molecule has 0 aliphatic carbocycles. The Hall–Kier alpha value is -0.310. The number of thiophene rings is 1. The van der Waals surface area contributed by atoms with E-state index in [1.165, 1.54) is 21.6 Å². The molecular weight excluding hydrogens is 316 g/mol. The van der Waals surface area contributed by atoms with E-state index in [2.05, 4.69) is 60.1 Å². The Morgan fingerprint density at radius 3 is 2.65 bits per heavy atom. The summed E-state index contributed by atoms with van der Waals surface area (Å²) < 4.78 is 1.15. The standard InChI is InChI=1S/C14H14BrClS/c1-9-4-3-5-11(6-9)7-13(16)12-8-14(15)17-10(12)2/h3-6,8,13H,7H2,1-2H3. The zero-order valence-corrected chi connectivity index (χ0v) is 13.0. The summed E-state index contributed by atoms with van der Waals surface area (Å²) >= 11 is 11.7. The summed E-state index contributed by atoms with van der Waals surface area (Å²) in [4.78, 5) is 1.30. The van der Waals surface area contributed by atoms with Gasteiger partial charge in [0.1, 0.15) is 0 Å². The summed E-state index contributed by atoms with van der Waals surface area (Å²) in [7, 11) is 0. The molecule has 1 unspecified atom stereocenters. The molecule has 2 rings (SSSR count). The van der Waals surface area contributed by atoms with Crippen LogP contribution in [0.5, 0.6) is 0 Å². The van der Waals surface area contributed by atoms with E-state index in [4.69, 9.17) is 11.6 Å². The maximum absolute atomic E-state index is 6.50. The fraction of sp³-hybridized carbons (Fsp3) is 0.286. The van der Waals surface area contributed by atoms with Gasteiger partial charge in [0.2, 0.25) is 0 Å². The molecule has 0 N–H and O–H groups in total. The molecule has 2 aromatic rings. The molecule has 90 valence electrons. The van der Waals surface area contributed by atoms with Gasteiger partial charge in [-0.15, -0.1) is 22.9 Å². The lowest BCUT2D eigenvalue weighted by Crippen LogP contribution is -1.96. The van der Waals surface area contributed by atoms with Crippen LogP contribution in [0.2, 0.25) is 0 Å². The summed E-state index contributed by atoms with van der Waals surface area (Å²) in [5.74, 6) is 0. The molecule has 17 heavy (non-hydrogen) atoms. The number of aryl methyl sites for hydroxylation is 2. The summed E-state index contributed by atoms with van der Waals surface area (Å²) in [6, 6.07) is 10.7. The molecule has 0 spiro atoms. The fourth-order valence-corrected chi connectivity index (χ4v) is 4.17. The van der Waals surface area contributed by atoms with E-state index in [-0.39, 0.29) is 5.38 Å². The van der Waals surface area contributed by atoms with E-state index in [1.54, 1.807) is 11.3 Å². The number of hydrogen-bond donors (Lipinski definition) is 0. The Kier molecular flexibility index (Phi) is 4.29. The van der Waals surface area contributed by atoms with Crippen molar-refractivity contribution < 1.29 is 0 Å². The van der Waals surface area contributed by atoms with Crippen molar-refractivity contribution in [1.29, 1.82) is 0 Å². The predicted molar refractivity (Wildman–Crippen MR) is 80.2 cm³/mol. The van der Waals surface area contributed by atoms with Crippen molar-refractivity contribution in [2.75, 3.05) is 0 Å². The molecule has 0 saturated heterocycles. The van der Waals surface area contributed by atoms with E-state index in [1.807, 2.05) is 0 Å². The average molecular weight is 330 g/mol. The van der Waals surface area contributed by atoms with Gasteiger partial charge in [-0.2, -0.15) is 0 Å². The van der Waals surface area contributed by atoms with Crippen LogP contribution >= 0.6 is 38.9 Å². The van der Waals surface area contributed by atoms with Crippen LogP contribution in [-0.2, 0) is 6.42 Å². The van der Waals surface area contributed by atoms with E-state index in [9.17, 15) is 0 Å². The first kappa shape index (κ1) is 13.1. The van der Waals surface area contributed by atoms with Gasteiger partial charge < -0.3 is 0 Å². The monoisotopic (exact) mass is 328 g/mol. The van der Waals surface area contributed by atoms with Crippen LogP contribution in [0.4, 0.5) is 0 Å². The highest BCUT2D eigenvalue weighted by atomic mass is 79.9. The van der Waals surface area contributed by atoms with Crippen LogP contribution < -0.4 is 0 Å². The van der Waals surface area contributed by atoms with Gasteiger partial charge in [0.15, 0.2) is 0 Å². The van der Waals surface area contributed by atoms with Gasteiger partial charge in [-0.1, -0.05) is 29.8 Å². The van der Waals surface area contributed by atoms with Crippen LogP contribution in [0.15, 0.2) is 34.1 Å². The number of alkyl halides is 1. The second kappa shape index (κ2) is 5.55. The molecule has 1 heterocycles. The van der Waals surface area contributed by atoms with Gasteiger partial charge in [-0.05, 0) is 53.4 Å². The first-order valence-electron chi connectivity index (χ1n) is 5.51. The maximum atomic E-state index is 6.50. The summed E-state index contributed by atoms with van der Waals surface area (Å²) in [6.07, 6.45) is 0.882. The fourth-order valence-electron chi connectivity index (χ4n) is 1.93. The van der Waals surface area contributed by atoms with Crippen molar-refractivity contribution in [2.45, 2.75) is 25.6 Å². The molecule has 0 amide bonds. The average Bonchev–Trinajstić information content (AvgIpc) is 2.58. The SMILES string of the molecule is Cc1cccc(CC(Cl)c2cc(Br)sc2C)c1. The summed E-state index contributed by atoms with van der Waals surface area (Å²) in [5, 5.41) is 0.0550. The summed E-state index contributed by atoms with van der Waals surface area (Å²) in [6.45, 7) is 4.23. The van der Waals surface area contributed by atoms with Gasteiger partial charge in [-0.25, -0.2) is 0 Å². The Morgan fingerprint density at radius 2 is 2.06 bits per heavy atom. The first-order valence-corrected chi connectivity index (χ1v) is 7.56. The molecule has 0 fully saturated rings. The minimum atomic E-state index is 0.0550. The van der Waals surface area contributed by atoms with Crippen molar-refractivity contribution in [3.63, 3.8) is 0 Å². The second-order valence-electron chi connectivity index (χ2n) is 4.22. The summed E-state index contributed by atoms with van der Waals surface area (Å²) in [5.41, 5.74) is 3.83. The van der Waals surface area contributed by atoms with Gasteiger partial charge in [-0.3, -0.25) is 0 Å². The van der Waals surface area contributed by atoms with E-state index >= 15 is 0 Å². The second-order valence-corrected chi connectivity index (χ2v) is 7.39. The van der Waals surface area contributed by atoms with E-state index < -0.39 is 0 Å². The van der Waals surface area contributed by atoms with Crippen molar-refractivity contribution in [3.05, 3.63) is 55.7 Å². The van der Waals surface area contributed by atoms with Crippen LogP contribution in [0, 0.1) is 13.8 Å². The Morgan fingerprint density at radius 1 is 1.29 bits per heavy atom. The zero-order chi connectivity index (χ0) is 12.4. The molecule has 0 saturated carbocycles. The van der Waals surface area contributed by atoms with Crippen LogP contribution in [0.25, 0.3) is 0 Å². The lowest BCUT2D eigenvalue weighted by Gasteiger charge is -2.09. The predicted octanol–water partition coefficient (Wildman–Crippen LogP) is 5.65. The molecule has 1 aromatic heterocycles. The van der Waals surface area contributed by atoms with Crippen LogP contribution in [-0.4, -0.2) is 0 Å². The Bertz CT molecular complexity index is 519. The molecule has 3 heteroatoms. The third kappa shape index (κ3) is 3.34. The third-order valence-corrected chi connectivity index (χ3v) is 4.72. The highest BCUT2D eigenvalue weighted by molar-refractivity contribution is 9.11. The lowest BCUT2D eigenvalue weighted by atomic mass is 10.0. The molecule has 1 atom stereocenters. The van der Waals surface area contributed by atoms with Crippen molar-refractivity contribution >= 4 is 38.9 Å². The van der Waals surface area contributed by atoms with Gasteiger partial charge in [0.05, 0.1) is 9.16 Å². The largest absolute Gasteiger partial charge is 0.133 e. The van der Waals surface area contributed by atoms with Gasteiger partial charge in [0.25, 0.3) is 0 Å². The number of hydrogen-bond acceptors (Lipinski definition) is 1. The lowest BCUT2D eigenvalue weighted by molar-refractivity contribution is 0.916. The molecule has 1 aromatic carbocycles. The van der Waals surface area contributed by atoms with E-state index in [0.717, 1.165) is 10.2 Å². The maximum Gasteiger partial charge on any atom is 0.0704 e. The minimum Gasteiger partial charge on any atom is -0.133 e. The minimum absolute atomic E-state index is 0.0550. The molecule has 0 aliphatic rings. The molecular formula is C14H14BrClS. The zero-order valence-electron chi connectivity index (χ0n) is 9.84. The third-order valence-electron chi connectivity index (χ3n) is 2.76.